The average molecular weight is 399 g/mol. The highest BCUT2D eigenvalue weighted by Gasteiger charge is 2.32. The summed E-state index contributed by atoms with van der Waals surface area (Å²) in [6, 6.07) is 6.95. The van der Waals surface area contributed by atoms with Crippen molar-refractivity contribution in [3.05, 3.63) is 24.3 Å². The van der Waals surface area contributed by atoms with Crippen LogP contribution in [0.4, 0.5) is 0 Å². The highest BCUT2D eigenvalue weighted by molar-refractivity contribution is 7.98. The second kappa shape index (κ2) is 8.73. The van der Waals surface area contributed by atoms with Gasteiger partial charge < -0.3 is 10.1 Å². The molecule has 6 nitrogen and oxygen atoms in total. The number of amides is 1. The lowest BCUT2D eigenvalue weighted by atomic mass is 9.97. The molecule has 3 rings (SSSR count). The van der Waals surface area contributed by atoms with Gasteiger partial charge in [0, 0.05) is 37.1 Å². The number of ether oxygens (including phenoxy) is 1. The molecule has 2 aliphatic rings. The maximum atomic E-state index is 12.8. The van der Waals surface area contributed by atoms with Crippen LogP contribution in [0.1, 0.15) is 25.7 Å². The molecule has 26 heavy (non-hydrogen) atoms. The zero-order valence-electron chi connectivity index (χ0n) is 15.0. The number of hydrogen-bond donors (Lipinski definition) is 1. The van der Waals surface area contributed by atoms with E-state index in [-0.39, 0.29) is 17.9 Å². The van der Waals surface area contributed by atoms with E-state index in [0.717, 1.165) is 24.3 Å². The van der Waals surface area contributed by atoms with Crippen LogP contribution in [0, 0.1) is 5.92 Å². The highest BCUT2D eigenvalue weighted by Crippen LogP contribution is 2.25. The Balaban J connectivity index is 1.52. The molecule has 0 radical (unpaired) electrons. The summed E-state index contributed by atoms with van der Waals surface area (Å²) >= 11 is 1.58. The predicted octanol–water partition coefficient (Wildman–Crippen LogP) is 2.10. The average Bonchev–Trinajstić information content (AvgIpc) is 3.20. The van der Waals surface area contributed by atoms with E-state index in [4.69, 9.17) is 4.74 Å². The smallest absolute Gasteiger partial charge is 0.243 e. The molecule has 2 saturated heterocycles. The third-order valence-corrected chi connectivity index (χ3v) is 7.71. The zero-order chi connectivity index (χ0) is 18.6. The Morgan fingerprint density at radius 3 is 2.50 bits per heavy atom. The quantitative estimate of drug-likeness (QED) is 0.743. The maximum absolute atomic E-state index is 12.8. The van der Waals surface area contributed by atoms with Gasteiger partial charge in [0.2, 0.25) is 15.9 Å². The molecule has 2 heterocycles. The van der Waals surface area contributed by atoms with Crippen molar-refractivity contribution < 1.29 is 17.9 Å². The van der Waals surface area contributed by atoms with Crippen molar-refractivity contribution in [2.75, 3.05) is 32.5 Å². The summed E-state index contributed by atoms with van der Waals surface area (Å²) in [6.07, 6.45) is 5.24. The van der Waals surface area contributed by atoms with E-state index in [1.165, 1.54) is 4.31 Å². The highest BCUT2D eigenvalue weighted by atomic mass is 32.2. The van der Waals surface area contributed by atoms with Gasteiger partial charge in [-0.05, 0) is 56.2 Å². The number of benzene rings is 1. The molecule has 144 valence electrons. The summed E-state index contributed by atoms with van der Waals surface area (Å²) in [5, 5.41) is 2.96. The van der Waals surface area contributed by atoms with Gasteiger partial charge >= 0.3 is 0 Å². The summed E-state index contributed by atoms with van der Waals surface area (Å²) in [5.41, 5.74) is 0. The molecule has 0 unspecified atom stereocenters. The van der Waals surface area contributed by atoms with Crippen LogP contribution in [0.15, 0.2) is 34.1 Å². The Kier molecular flexibility index (Phi) is 6.60. The zero-order valence-corrected chi connectivity index (χ0v) is 16.7. The first kappa shape index (κ1) is 19.7. The molecule has 1 atom stereocenters. The van der Waals surface area contributed by atoms with E-state index in [1.54, 1.807) is 23.9 Å². The number of nitrogens with one attached hydrogen (secondary N) is 1. The van der Waals surface area contributed by atoms with Gasteiger partial charge in [-0.2, -0.15) is 4.31 Å². The van der Waals surface area contributed by atoms with Crippen LogP contribution in [0.3, 0.4) is 0 Å². The van der Waals surface area contributed by atoms with Crippen LogP contribution in [0.25, 0.3) is 0 Å². The van der Waals surface area contributed by atoms with Crippen LogP contribution < -0.4 is 5.32 Å². The van der Waals surface area contributed by atoms with E-state index in [2.05, 4.69) is 5.32 Å². The number of carbonyl (C=O) groups is 1. The largest absolute Gasteiger partial charge is 0.376 e. The summed E-state index contributed by atoms with van der Waals surface area (Å²) in [4.78, 5) is 13.7. The molecule has 0 aliphatic carbocycles. The third-order valence-electron chi connectivity index (χ3n) is 5.05. The number of rotatable bonds is 6. The molecule has 0 spiro atoms. The molecular formula is C18H26N2O4S2. The summed E-state index contributed by atoms with van der Waals surface area (Å²) in [5.74, 6) is -0.108. The lowest BCUT2D eigenvalue weighted by Gasteiger charge is -2.30. The first-order valence-corrected chi connectivity index (χ1v) is 11.7. The molecule has 1 aromatic rings. The Morgan fingerprint density at radius 2 is 1.92 bits per heavy atom. The van der Waals surface area contributed by atoms with Gasteiger partial charge in [0.25, 0.3) is 0 Å². The molecule has 0 aromatic heterocycles. The minimum atomic E-state index is -3.49. The third kappa shape index (κ3) is 4.60. The van der Waals surface area contributed by atoms with Gasteiger partial charge in [-0.15, -0.1) is 11.8 Å². The Hall–Kier alpha value is -1.09. The number of nitrogens with zero attached hydrogens (tertiary/aromatic N) is 1. The molecular weight excluding hydrogens is 372 g/mol. The number of carbonyl (C=O) groups excluding carboxylic acids is 1. The summed E-state index contributed by atoms with van der Waals surface area (Å²) < 4.78 is 32.5. The number of piperidine rings is 1. The molecule has 2 fully saturated rings. The fourth-order valence-electron chi connectivity index (χ4n) is 3.42. The van der Waals surface area contributed by atoms with Crippen LogP contribution in [0.2, 0.25) is 0 Å². The van der Waals surface area contributed by atoms with Gasteiger partial charge in [-0.1, -0.05) is 0 Å². The number of thioether (sulfide) groups is 1. The van der Waals surface area contributed by atoms with E-state index < -0.39 is 10.0 Å². The number of sulfonamides is 1. The fraction of sp³-hybridized carbons (Fsp3) is 0.611. The van der Waals surface area contributed by atoms with Crippen LogP contribution in [-0.2, 0) is 19.6 Å². The van der Waals surface area contributed by atoms with Crippen molar-refractivity contribution in [3.63, 3.8) is 0 Å². The first-order chi connectivity index (χ1) is 12.5. The van der Waals surface area contributed by atoms with Crippen molar-refractivity contribution >= 4 is 27.7 Å². The fourth-order valence-corrected chi connectivity index (χ4v) is 5.30. The van der Waals surface area contributed by atoms with Gasteiger partial charge in [0.15, 0.2) is 0 Å². The normalized spacial score (nSPS) is 22.4. The van der Waals surface area contributed by atoms with E-state index in [9.17, 15) is 13.2 Å². The van der Waals surface area contributed by atoms with E-state index in [0.29, 0.717) is 37.4 Å². The molecule has 1 aromatic carbocycles. The Bertz CT molecular complexity index is 707. The standard InChI is InChI=1S/C18H26N2O4S2/c1-25-16-4-6-17(7-5-16)26(22,23)20-10-8-14(9-11-20)18(21)19-13-15-3-2-12-24-15/h4-7,14-15H,2-3,8-13H2,1H3,(H,19,21)/t15-/m0/s1. The SMILES string of the molecule is CSc1ccc(S(=O)(=O)N2CCC(C(=O)NC[C@@H]3CCCO3)CC2)cc1. The lowest BCUT2D eigenvalue weighted by Crippen LogP contribution is -2.44. The summed E-state index contributed by atoms with van der Waals surface area (Å²) in [6.45, 7) is 2.09. The second-order valence-corrected chi connectivity index (χ2v) is 9.55. The topological polar surface area (TPSA) is 75.7 Å². The molecule has 0 bridgehead atoms. The van der Waals surface area contributed by atoms with Crippen molar-refractivity contribution in [2.45, 2.75) is 41.6 Å². The summed E-state index contributed by atoms with van der Waals surface area (Å²) in [7, 11) is -3.49. The molecule has 1 amide bonds. The van der Waals surface area contributed by atoms with Gasteiger partial charge in [0.1, 0.15) is 0 Å². The van der Waals surface area contributed by atoms with Gasteiger partial charge in [-0.25, -0.2) is 8.42 Å². The Morgan fingerprint density at radius 1 is 1.23 bits per heavy atom. The maximum Gasteiger partial charge on any atom is 0.243 e. The predicted molar refractivity (Wildman–Crippen MR) is 102 cm³/mol. The van der Waals surface area contributed by atoms with Crippen molar-refractivity contribution in [3.8, 4) is 0 Å². The molecule has 0 saturated carbocycles. The van der Waals surface area contributed by atoms with Crippen LogP contribution >= 0.6 is 11.8 Å². The molecule has 1 N–H and O–H groups in total. The Labute approximate surface area is 159 Å². The minimum Gasteiger partial charge on any atom is -0.376 e. The van der Waals surface area contributed by atoms with Crippen molar-refractivity contribution in [1.82, 2.24) is 9.62 Å². The molecule has 2 aliphatic heterocycles. The lowest BCUT2D eigenvalue weighted by molar-refractivity contribution is -0.126. The van der Waals surface area contributed by atoms with Crippen LogP contribution in [-0.4, -0.2) is 57.2 Å². The van der Waals surface area contributed by atoms with E-state index in [1.807, 2.05) is 18.4 Å². The number of hydrogen-bond acceptors (Lipinski definition) is 5. The minimum absolute atomic E-state index is 0.0156. The van der Waals surface area contributed by atoms with Crippen molar-refractivity contribution in [1.29, 1.82) is 0 Å². The van der Waals surface area contributed by atoms with Crippen molar-refractivity contribution in [2.24, 2.45) is 5.92 Å². The van der Waals surface area contributed by atoms with Crippen LogP contribution in [0.5, 0.6) is 0 Å². The van der Waals surface area contributed by atoms with Gasteiger partial charge in [-0.3, -0.25) is 4.79 Å². The van der Waals surface area contributed by atoms with E-state index >= 15 is 0 Å². The van der Waals surface area contributed by atoms with Gasteiger partial charge in [0.05, 0.1) is 11.0 Å². The molecule has 8 heteroatoms. The first-order valence-electron chi connectivity index (χ1n) is 9.04. The second-order valence-electron chi connectivity index (χ2n) is 6.73. The monoisotopic (exact) mass is 398 g/mol.